The molecule has 5 nitrogen and oxygen atoms in total. The van der Waals surface area contributed by atoms with Gasteiger partial charge in [0.2, 0.25) is 0 Å². The number of benzene rings is 3. The van der Waals surface area contributed by atoms with Gasteiger partial charge in [0.25, 0.3) is 11.8 Å². The third-order valence-corrected chi connectivity index (χ3v) is 5.48. The number of hydrogen-bond acceptors (Lipinski definition) is 4. The smallest absolute Gasteiger partial charge is 0.257 e. The second-order valence-electron chi connectivity index (χ2n) is 7.26. The standard InChI is InChI=1S/C25H21N3O2S/c1-16-5-3-7-19(13-16)23(29)26-21-11-9-18(10-12-21)22-15-31-25(27-22)28-24(30)20-8-4-6-17(2)14-20/h3-15H,1-2H3,(H,26,29)(H,27,28,30). The number of rotatable bonds is 5. The number of nitrogens with one attached hydrogen (secondary N) is 2. The van der Waals surface area contributed by atoms with Gasteiger partial charge < -0.3 is 5.32 Å². The molecule has 31 heavy (non-hydrogen) atoms. The van der Waals surface area contributed by atoms with Gasteiger partial charge >= 0.3 is 0 Å². The molecule has 0 radical (unpaired) electrons. The first kappa shape index (κ1) is 20.5. The molecule has 2 N–H and O–H groups in total. The number of aromatic nitrogens is 1. The molecule has 1 heterocycles. The van der Waals surface area contributed by atoms with E-state index in [1.54, 1.807) is 12.1 Å². The topological polar surface area (TPSA) is 71.1 Å². The van der Waals surface area contributed by atoms with E-state index in [1.165, 1.54) is 11.3 Å². The van der Waals surface area contributed by atoms with Crippen LogP contribution >= 0.6 is 11.3 Å². The van der Waals surface area contributed by atoms with Gasteiger partial charge in [-0.05, 0) is 50.2 Å². The Hall–Kier alpha value is -3.77. The molecule has 3 aromatic carbocycles. The molecule has 0 saturated heterocycles. The molecular weight excluding hydrogens is 406 g/mol. The van der Waals surface area contributed by atoms with Gasteiger partial charge in [0.1, 0.15) is 0 Å². The van der Waals surface area contributed by atoms with Crippen LogP contribution in [0.2, 0.25) is 0 Å². The number of hydrogen-bond donors (Lipinski definition) is 2. The van der Waals surface area contributed by atoms with Crippen LogP contribution in [-0.2, 0) is 0 Å². The minimum Gasteiger partial charge on any atom is -0.322 e. The number of carbonyl (C=O) groups is 2. The SMILES string of the molecule is Cc1cccc(C(=O)Nc2ccc(-c3csc(NC(=O)c4cccc(C)c4)n3)cc2)c1. The van der Waals surface area contributed by atoms with Crippen LogP contribution in [0.1, 0.15) is 31.8 Å². The Balaban J connectivity index is 1.42. The van der Waals surface area contributed by atoms with Gasteiger partial charge in [0.05, 0.1) is 5.69 Å². The Kier molecular flexibility index (Phi) is 5.91. The van der Waals surface area contributed by atoms with E-state index in [4.69, 9.17) is 0 Å². The highest BCUT2D eigenvalue weighted by atomic mass is 32.1. The minimum atomic E-state index is -0.182. The van der Waals surface area contributed by atoms with Crippen LogP contribution in [0.5, 0.6) is 0 Å². The summed E-state index contributed by atoms with van der Waals surface area (Å²) in [4.78, 5) is 29.3. The fraction of sp³-hybridized carbons (Fsp3) is 0.0800. The number of thiazole rings is 1. The largest absolute Gasteiger partial charge is 0.322 e. The van der Waals surface area contributed by atoms with E-state index < -0.39 is 0 Å². The molecule has 0 bridgehead atoms. The van der Waals surface area contributed by atoms with E-state index in [0.717, 1.165) is 22.4 Å². The van der Waals surface area contributed by atoms with Gasteiger partial charge in [0.15, 0.2) is 5.13 Å². The molecule has 1 aromatic heterocycles. The van der Waals surface area contributed by atoms with Gasteiger partial charge in [-0.25, -0.2) is 4.98 Å². The molecule has 4 rings (SSSR count). The Labute approximate surface area is 184 Å². The predicted molar refractivity (Wildman–Crippen MR) is 126 cm³/mol. The zero-order valence-electron chi connectivity index (χ0n) is 17.2. The number of nitrogens with zero attached hydrogens (tertiary/aromatic N) is 1. The summed E-state index contributed by atoms with van der Waals surface area (Å²) in [6.07, 6.45) is 0. The molecule has 0 aliphatic rings. The van der Waals surface area contributed by atoms with Crippen LogP contribution in [0.15, 0.2) is 78.2 Å². The molecule has 0 spiro atoms. The van der Waals surface area contributed by atoms with Gasteiger partial charge in [-0.3, -0.25) is 14.9 Å². The molecule has 6 heteroatoms. The van der Waals surface area contributed by atoms with Gasteiger partial charge in [-0.2, -0.15) is 0 Å². The average Bonchev–Trinajstić information content (AvgIpc) is 3.22. The third kappa shape index (κ3) is 5.05. The van der Waals surface area contributed by atoms with E-state index in [2.05, 4.69) is 15.6 Å². The molecule has 0 atom stereocenters. The van der Waals surface area contributed by atoms with Crippen molar-refractivity contribution < 1.29 is 9.59 Å². The van der Waals surface area contributed by atoms with Gasteiger partial charge in [-0.15, -0.1) is 11.3 Å². The normalized spacial score (nSPS) is 10.5. The first-order valence-electron chi connectivity index (χ1n) is 9.80. The molecule has 0 saturated carbocycles. The maximum Gasteiger partial charge on any atom is 0.257 e. The van der Waals surface area contributed by atoms with E-state index >= 15 is 0 Å². The van der Waals surface area contributed by atoms with E-state index in [9.17, 15) is 9.59 Å². The molecule has 0 aliphatic carbocycles. The highest BCUT2D eigenvalue weighted by Gasteiger charge is 2.11. The summed E-state index contributed by atoms with van der Waals surface area (Å²) in [6, 6.07) is 22.4. The first-order chi connectivity index (χ1) is 15.0. The van der Waals surface area contributed by atoms with E-state index in [0.29, 0.717) is 21.9 Å². The molecule has 154 valence electrons. The summed E-state index contributed by atoms with van der Waals surface area (Å²) >= 11 is 1.37. The lowest BCUT2D eigenvalue weighted by atomic mass is 10.1. The molecule has 0 fully saturated rings. The highest BCUT2D eigenvalue weighted by Crippen LogP contribution is 2.26. The van der Waals surface area contributed by atoms with Crippen LogP contribution < -0.4 is 10.6 Å². The number of aryl methyl sites for hydroxylation is 2. The Morgan fingerprint density at radius 1 is 0.774 bits per heavy atom. The van der Waals surface area contributed by atoms with Crippen LogP contribution in [0.4, 0.5) is 10.8 Å². The Bertz CT molecular complexity index is 1250. The van der Waals surface area contributed by atoms with Crippen LogP contribution in [0, 0.1) is 13.8 Å². The maximum atomic E-state index is 12.4. The third-order valence-electron chi connectivity index (χ3n) is 4.72. The Morgan fingerprint density at radius 2 is 1.35 bits per heavy atom. The predicted octanol–water partition coefficient (Wildman–Crippen LogP) is 5.93. The second-order valence-corrected chi connectivity index (χ2v) is 8.12. The highest BCUT2D eigenvalue weighted by molar-refractivity contribution is 7.14. The lowest BCUT2D eigenvalue weighted by Gasteiger charge is -2.06. The summed E-state index contributed by atoms with van der Waals surface area (Å²) in [6.45, 7) is 3.91. The zero-order chi connectivity index (χ0) is 21.8. The summed E-state index contributed by atoms with van der Waals surface area (Å²) in [5.41, 5.74) is 5.67. The van der Waals surface area contributed by atoms with Crippen molar-refractivity contribution in [2.45, 2.75) is 13.8 Å². The average molecular weight is 428 g/mol. The zero-order valence-corrected chi connectivity index (χ0v) is 18.0. The lowest BCUT2D eigenvalue weighted by Crippen LogP contribution is -2.12. The quantitative estimate of drug-likeness (QED) is 0.415. The van der Waals surface area contributed by atoms with Crippen molar-refractivity contribution in [2.24, 2.45) is 0 Å². The summed E-state index contributed by atoms with van der Waals surface area (Å²) in [5, 5.41) is 8.19. The first-order valence-corrected chi connectivity index (χ1v) is 10.7. The van der Waals surface area contributed by atoms with Crippen molar-refractivity contribution in [1.29, 1.82) is 0 Å². The Morgan fingerprint density at radius 3 is 1.94 bits per heavy atom. The van der Waals surface area contributed by atoms with Crippen molar-refractivity contribution in [3.63, 3.8) is 0 Å². The van der Waals surface area contributed by atoms with Crippen molar-refractivity contribution in [2.75, 3.05) is 10.6 Å². The fourth-order valence-corrected chi connectivity index (χ4v) is 3.85. The van der Waals surface area contributed by atoms with E-state index in [-0.39, 0.29) is 11.8 Å². The summed E-state index contributed by atoms with van der Waals surface area (Å²) in [5.74, 6) is -0.329. The molecule has 0 aliphatic heterocycles. The van der Waals surface area contributed by atoms with Crippen molar-refractivity contribution >= 4 is 34.0 Å². The monoisotopic (exact) mass is 427 g/mol. The molecular formula is C25H21N3O2S. The van der Waals surface area contributed by atoms with Crippen molar-refractivity contribution in [1.82, 2.24) is 4.98 Å². The molecule has 0 unspecified atom stereocenters. The molecule has 4 aromatic rings. The fourth-order valence-electron chi connectivity index (χ4n) is 3.13. The number of amides is 2. The lowest BCUT2D eigenvalue weighted by molar-refractivity contribution is 0.101. The van der Waals surface area contributed by atoms with Crippen molar-refractivity contribution in [3.05, 3.63) is 100 Å². The minimum absolute atomic E-state index is 0.147. The number of anilines is 2. The summed E-state index contributed by atoms with van der Waals surface area (Å²) in [7, 11) is 0. The second kappa shape index (κ2) is 8.93. The summed E-state index contributed by atoms with van der Waals surface area (Å²) < 4.78 is 0. The van der Waals surface area contributed by atoms with Crippen LogP contribution in [0.3, 0.4) is 0 Å². The van der Waals surface area contributed by atoms with Crippen LogP contribution in [-0.4, -0.2) is 16.8 Å². The molecule has 2 amide bonds. The van der Waals surface area contributed by atoms with Gasteiger partial charge in [0, 0.05) is 27.8 Å². The maximum absolute atomic E-state index is 12.4. The van der Waals surface area contributed by atoms with Crippen molar-refractivity contribution in [3.8, 4) is 11.3 Å². The van der Waals surface area contributed by atoms with Crippen LogP contribution in [0.25, 0.3) is 11.3 Å². The van der Waals surface area contributed by atoms with E-state index in [1.807, 2.05) is 79.9 Å². The van der Waals surface area contributed by atoms with Gasteiger partial charge in [-0.1, -0.05) is 47.5 Å². The number of carbonyl (C=O) groups excluding carboxylic acids is 2.